The molecule has 88 valence electrons. The molecule has 0 saturated carbocycles. The van der Waals surface area contributed by atoms with Gasteiger partial charge in [0.15, 0.2) is 0 Å². The zero-order chi connectivity index (χ0) is 12.0. The van der Waals surface area contributed by atoms with Gasteiger partial charge < -0.3 is 15.2 Å². The van der Waals surface area contributed by atoms with E-state index in [1.807, 2.05) is 0 Å². The molecule has 0 aliphatic rings. The van der Waals surface area contributed by atoms with Gasteiger partial charge in [0.2, 0.25) is 0 Å². The Kier molecular flexibility index (Phi) is 4.64. The molecule has 0 fully saturated rings. The number of phenols is 1. The average Bonchev–Trinajstić information content (AvgIpc) is 2.29. The predicted octanol–water partition coefficient (Wildman–Crippen LogP) is 2.39. The molecule has 0 unspecified atom stereocenters. The number of hydrogen-bond donors (Lipinski definition) is 2. The molecule has 1 aromatic rings. The Morgan fingerprint density at radius 3 is 2.88 bits per heavy atom. The number of hydrogen-bond acceptors (Lipinski definition) is 4. The van der Waals surface area contributed by atoms with Gasteiger partial charge in [0.25, 0.3) is 0 Å². The summed E-state index contributed by atoms with van der Waals surface area (Å²) in [5, 5.41) is 12.5. The highest BCUT2D eigenvalue weighted by molar-refractivity contribution is 5.95. The van der Waals surface area contributed by atoms with Gasteiger partial charge in [-0.2, -0.15) is 0 Å². The lowest BCUT2D eigenvalue weighted by atomic mass is 10.1. The molecule has 0 atom stereocenters. The van der Waals surface area contributed by atoms with Crippen LogP contribution in [0.15, 0.2) is 18.2 Å². The van der Waals surface area contributed by atoms with E-state index in [-0.39, 0.29) is 5.75 Å². The zero-order valence-corrected chi connectivity index (χ0v) is 9.62. The lowest BCUT2D eigenvalue weighted by molar-refractivity contribution is 0.0602. The minimum atomic E-state index is -0.404. The van der Waals surface area contributed by atoms with Gasteiger partial charge >= 0.3 is 5.97 Å². The van der Waals surface area contributed by atoms with E-state index in [9.17, 15) is 9.90 Å². The Bertz CT molecular complexity index is 363. The molecule has 0 aliphatic heterocycles. The SMILES string of the molecule is CCCCNc1cc(O)ccc1C(=O)OC. The first kappa shape index (κ1) is 12.4. The third kappa shape index (κ3) is 3.15. The number of phenolic OH excluding ortho intramolecular Hbond substituents is 1. The summed E-state index contributed by atoms with van der Waals surface area (Å²) in [6.07, 6.45) is 2.08. The molecular formula is C12H17NO3. The Labute approximate surface area is 95.2 Å². The molecule has 0 aromatic heterocycles. The molecule has 0 heterocycles. The van der Waals surface area contributed by atoms with Crippen molar-refractivity contribution in [2.75, 3.05) is 19.0 Å². The average molecular weight is 223 g/mol. The maximum Gasteiger partial charge on any atom is 0.339 e. The number of aromatic hydroxyl groups is 1. The molecular weight excluding hydrogens is 206 g/mol. The van der Waals surface area contributed by atoms with Crippen molar-refractivity contribution in [2.45, 2.75) is 19.8 Å². The first-order valence-corrected chi connectivity index (χ1v) is 5.34. The van der Waals surface area contributed by atoms with Crippen LogP contribution in [0.1, 0.15) is 30.1 Å². The molecule has 0 spiro atoms. The van der Waals surface area contributed by atoms with Gasteiger partial charge in [0.05, 0.1) is 18.4 Å². The molecule has 4 nitrogen and oxygen atoms in total. The number of methoxy groups -OCH3 is 1. The van der Waals surface area contributed by atoms with Crippen LogP contribution in [0.4, 0.5) is 5.69 Å². The monoisotopic (exact) mass is 223 g/mol. The van der Waals surface area contributed by atoms with Gasteiger partial charge in [0, 0.05) is 12.6 Å². The van der Waals surface area contributed by atoms with Crippen LogP contribution in [0, 0.1) is 0 Å². The summed E-state index contributed by atoms with van der Waals surface area (Å²) in [5.41, 5.74) is 1.05. The molecule has 16 heavy (non-hydrogen) atoms. The van der Waals surface area contributed by atoms with Crippen molar-refractivity contribution in [2.24, 2.45) is 0 Å². The second kappa shape index (κ2) is 6.00. The Morgan fingerprint density at radius 2 is 2.25 bits per heavy atom. The van der Waals surface area contributed by atoms with Gasteiger partial charge in [-0.25, -0.2) is 4.79 Å². The fourth-order valence-corrected chi connectivity index (χ4v) is 1.37. The van der Waals surface area contributed by atoms with E-state index >= 15 is 0 Å². The molecule has 2 N–H and O–H groups in total. The highest BCUT2D eigenvalue weighted by Crippen LogP contribution is 2.22. The van der Waals surface area contributed by atoms with Crippen LogP contribution in [0.25, 0.3) is 0 Å². The Hall–Kier alpha value is -1.71. The second-order valence-electron chi connectivity index (χ2n) is 3.50. The van der Waals surface area contributed by atoms with Crippen LogP contribution < -0.4 is 5.32 Å². The molecule has 0 amide bonds. The summed E-state index contributed by atoms with van der Waals surface area (Å²) < 4.78 is 4.66. The van der Waals surface area contributed by atoms with Crippen LogP contribution in [-0.2, 0) is 4.74 Å². The van der Waals surface area contributed by atoms with E-state index in [2.05, 4.69) is 17.0 Å². The van der Waals surface area contributed by atoms with Gasteiger partial charge in [-0.3, -0.25) is 0 Å². The topological polar surface area (TPSA) is 58.6 Å². The number of carbonyl (C=O) groups is 1. The minimum Gasteiger partial charge on any atom is -0.508 e. The number of unbranched alkanes of at least 4 members (excludes halogenated alkanes) is 1. The van der Waals surface area contributed by atoms with Crippen LogP contribution >= 0.6 is 0 Å². The van der Waals surface area contributed by atoms with Crippen molar-refractivity contribution < 1.29 is 14.6 Å². The standard InChI is InChI=1S/C12H17NO3/c1-3-4-7-13-11-8-9(14)5-6-10(11)12(15)16-2/h5-6,8,13-14H,3-4,7H2,1-2H3. The summed E-state index contributed by atoms with van der Waals surface area (Å²) in [7, 11) is 1.34. The number of ether oxygens (including phenoxy) is 1. The third-order valence-electron chi connectivity index (χ3n) is 2.25. The van der Waals surface area contributed by atoms with E-state index < -0.39 is 5.97 Å². The number of esters is 1. The van der Waals surface area contributed by atoms with Crippen LogP contribution in [0.5, 0.6) is 5.75 Å². The van der Waals surface area contributed by atoms with Crippen molar-refractivity contribution >= 4 is 11.7 Å². The number of anilines is 1. The first-order chi connectivity index (χ1) is 7.69. The highest BCUT2D eigenvalue weighted by atomic mass is 16.5. The van der Waals surface area contributed by atoms with Crippen molar-refractivity contribution in [3.05, 3.63) is 23.8 Å². The Balaban J connectivity index is 2.85. The summed E-state index contributed by atoms with van der Waals surface area (Å²) in [6.45, 7) is 2.86. The maximum absolute atomic E-state index is 11.4. The lowest BCUT2D eigenvalue weighted by Crippen LogP contribution is -2.09. The van der Waals surface area contributed by atoms with Crippen molar-refractivity contribution in [3.63, 3.8) is 0 Å². The maximum atomic E-state index is 11.4. The van der Waals surface area contributed by atoms with Crippen LogP contribution in [0.3, 0.4) is 0 Å². The van der Waals surface area contributed by atoms with Gasteiger partial charge in [0.1, 0.15) is 5.75 Å². The van der Waals surface area contributed by atoms with Gasteiger partial charge in [-0.15, -0.1) is 0 Å². The first-order valence-electron chi connectivity index (χ1n) is 5.34. The van der Waals surface area contributed by atoms with Crippen LogP contribution in [-0.4, -0.2) is 24.7 Å². The molecule has 4 heteroatoms. The lowest BCUT2D eigenvalue weighted by Gasteiger charge is -2.10. The molecule has 0 saturated heterocycles. The van der Waals surface area contributed by atoms with E-state index in [1.54, 1.807) is 6.07 Å². The van der Waals surface area contributed by atoms with Crippen LogP contribution in [0.2, 0.25) is 0 Å². The molecule has 0 aliphatic carbocycles. The summed E-state index contributed by atoms with van der Waals surface area (Å²) in [4.78, 5) is 11.4. The minimum absolute atomic E-state index is 0.131. The van der Waals surface area contributed by atoms with Gasteiger partial charge in [-0.05, 0) is 18.6 Å². The van der Waals surface area contributed by atoms with Crippen molar-refractivity contribution in [3.8, 4) is 5.75 Å². The largest absolute Gasteiger partial charge is 0.508 e. The fraction of sp³-hybridized carbons (Fsp3) is 0.417. The number of benzene rings is 1. The summed E-state index contributed by atoms with van der Waals surface area (Å²) in [6, 6.07) is 4.55. The fourth-order valence-electron chi connectivity index (χ4n) is 1.37. The summed E-state index contributed by atoms with van der Waals surface area (Å²) in [5.74, 6) is -0.273. The predicted molar refractivity (Wildman–Crippen MR) is 62.8 cm³/mol. The molecule has 0 bridgehead atoms. The van der Waals surface area contributed by atoms with E-state index in [0.29, 0.717) is 11.3 Å². The normalized spacial score (nSPS) is 9.88. The van der Waals surface area contributed by atoms with Crippen molar-refractivity contribution in [1.29, 1.82) is 0 Å². The smallest absolute Gasteiger partial charge is 0.339 e. The molecule has 1 rings (SSSR count). The zero-order valence-electron chi connectivity index (χ0n) is 9.62. The Morgan fingerprint density at radius 1 is 1.50 bits per heavy atom. The van der Waals surface area contributed by atoms with E-state index in [4.69, 9.17) is 0 Å². The number of nitrogens with one attached hydrogen (secondary N) is 1. The quantitative estimate of drug-likeness (QED) is 0.594. The number of carbonyl (C=O) groups excluding carboxylic acids is 1. The van der Waals surface area contributed by atoms with Crippen molar-refractivity contribution in [1.82, 2.24) is 0 Å². The third-order valence-corrected chi connectivity index (χ3v) is 2.25. The summed E-state index contributed by atoms with van der Waals surface area (Å²) >= 11 is 0. The van der Waals surface area contributed by atoms with Gasteiger partial charge in [-0.1, -0.05) is 13.3 Å². The van der Waals surface area contributed by atoms with E-state index in [1.165, 1.54) is 19.2 Å². The molecule has 1 aromatic carbocycles. The second-order valence-corrected chi connectivity index (χ2v) is 3.50. The number of rotatable bonds is 5. The van der Waals surface area contributed by atoms with E-state index in [0.717, 1.165) is 19.4 Å². The highest BCUT2D eigenvalue weighted by Gasteiger charge is 2.11. The molecule has 0 radical (unpaired) electrons.